The summed E-state index contributed by atoms with van der Waals surface area (Å²) in [6, 6.07) is 12.9. The predicted molar refractivity (Wildman–Crippen MR) is 106 cm³/mol. The zero-order valence-corrected chi connectivity index (χ0v) is 16.4. The van der Waals surface area contributed by atoms with Gasteiger partial charge in [-0.05, 0) is 65.9 Å². The first-order valence-corrected chi connectivity index (χ1v) is 8.88. The lowest BCUT2D eigenvalue weighted by atomic mass is 10.2. The van der Waals surface area contributed by atoms with E-state index in [1.807, 2.05) is 72.0 Å². The molecular weight excluding hydrogens is 433 g/mol. The van der Waals surface area contributed by atoms with Crippen molar-refractivity contribution in [2.45, 2.75) is 13.5 Å². The zero-order valence-electron chi connectivity index (χ0n) is 14.2. The molecule has 0 fully saturated rings. The van der Waals surface area contributed by atoms with Gasteiger partial charge >= 0.3 is 0 Å². The van der Waals surface area contributed by atoms with Crippen LogP contribution in [0, 0.1) is 3.57 Å². The van der Waals surface area contributed by atoms with E-state index in [1.165, 1.54) is 0 Å². The second kappa shape index (κ2) is 7.35. The fourth-order valence-electron chi connectivity index (χ4n) is 2.67. The Morgan fingerprint density at radius 1 is 0.960 bits per heavy atom. The molecule has 0 aliphatic heterocycles. The average molecular weight is 451 g/mol. The van der Waals surface area contributed by atoms with Crippen molar-refractivity contribution in [1.82, 2.24) is 4.57 Å². The van der Waals surface area contributed by atoms with Crippen LogP contribution in [0.3, 0.4) is 0 Å². The third kappa shape index (κ3) is 3.30. The van der Waals surface area contributed by atoms with Crippen molar-refractivity contribution in [3.8, 4) is 23.0 Å². The van der Waals surface area contributed by atoms with E-state index in [1.54, 1.807) is 18.8 Å². The number of hydrogen-bond acceptors (Lipinski definition) is 4. The van der Waals surface area contributed by atoms with Gasteiger partial charge in [-0.15, -0.1) is 0 Å². The number of benzene rings is 2. The SMILES string of the molecule is CCn1c(=O)c(I)c(Oc2ccc(OC)cc2)c2ccc(OC)cc21. The molecule has 0 saturated carbocycles. The van der Waals surface area contributed by atoms with Gasteiger partial charge in [-0.2, -0.15) is 0 Å². The quantitative estimate of drug-likeness (QED) is 0.539. The third-order valence-electron chi connectivity index (χ3n) is 3.97. The summed E-state index contributed by atoms with van der Waals surface area (Å²) in [4.78, 5) is 12.7. The van der Waals surface area contributed by atoms with Crippen LogP contribution in [0.5, 0.6) is 23.0 Å². The second-order valence-electron chi connectivity index (χ2n) is 5.35. The first-order chi connectivity index (χ1) is 12.1. The topological polar surface area (TPSA) is 49.7 Å². The lowest BCUT2D eigenvalue weighted by molar-refractivity contribution is 0.412. The summed E-state index contributed by atoms with van der Waals surface area (Å²) < 4.78 is 18.8. The van der Waals surface area contributed by atoms with E-state index in [0.29, 0.717) is 27.4 Å². The van der Waals surface area contributed by atoms with E-state index in [-0.39, 0.29) is 5.56 Å². The van der Waals surface area contributed by atoms with Gasteiger partial charge in [0.2, 0.25) is 0 Å². The van der Waals surface area contributed by atoms with Crippen LogP contribution in [-0.2, 0) is 6.54 Å². The fraction of sp³-hybridized carbons (Fsp3) is 0.211. The fourth-order valence-corrected chi connectivity index (χ4v) is 3.36. The first-order valence-electron chi connectivity index (χ1n) is 7.81. The molecule has 6 heteroatoms. The molecule has 0 radical (unpaired) electrons. The number of pyridine rings is 1. The molecule has 0 aliphatic rings. The van der Waals surface area contributed by atoms with Crippen LogP contribution in [0.15, 0.2) is 47.3 Å². The minimum absolute atomic E-state index is 0.0765. The summed E-state index contributed by atoms with van der Waals surface area (Å²) in [5.41, 5.74) is 0.711. The average Bonchev–Trinajstić information content (AvgIpc) is 2.66. The van der Waals surface area contributed by atoms with E-state index >= 15 is 0 Å². The predicted octanol–water partition coefficient (Wildman–Crippen LogP) is 4.44. The first kappa shape index (κ1) is 17.6. The van der Waals surface area contributed by atoms with Crippen molar-refractivity contribution in [3.63, 3.8) is 0 Å². The van der Waals surface area contributed by atoms with Crippen LogP contribution in [0.25, 0.3) is 10.9 Å². The van der Waals surface area contributed by atoms with Gasteiger partial charge in [0.25, 0.3) is 5.56 Å². The van der Waals surface area contributed by atoms with Crippen molar-refractivity contribution in [1.29, 1.82) is 0 Å². The Morgan fingerprint density at radius 2 is 1.56 bits per heavy atom. The van der Waals surface area contributed by atoms with Crippen LogP contribution < -0.4 is 19.8 Å². The third-order valence-corrected chi connectivity index (χ3v) is 4.92. The van der Waals surface area contributed by atoms with E-state index in [9.17, 15) is 4.79 Å². The van der Waals surface area contributed by atoms with E-state index < -0.39 is 0 Å². The van der Waals surface area contributed by atoms with Crippen LogP contribution in [0.2, 0.25) is 0 Å². The number of halogens is 1. The molecular formula is C19H18INO4. The lowest BCUT2D eigenvalue weighted by Gasteiger charge is -2.16. The smallest absolute Gasteiger partial charge is 0.268 e. The summed E-state index contributed by atoms with van der Waals surface area (Å²) in [5.74, 6) is 2.64. The maximum Gasteiger partial charge on any atom is 0.268 e. The largest absolute Gasteiger partial charge is 0.497 e. The van der Waals surface area contributed by atoms with Crippen LogP contribution in [0.4, 0.5) is 0 Å². The molecule has 0 N–H and O–H groups in total. The second-order valence-corrected chi connectivity index (χ2v) is 6.43. The van der Waals surface area contributed by atoms with Crippen LogP contribution in [0.1, 0.15) is 6.92 Å². The van der Waals surface area contributed by atoms with Gasteiger partial charge in [-0.25, -0.2) is 0 Å². The Bertz CT molecular complexity index is 964. The highest BCUT2D eigenvalue weighted by molar-refractivity contribution is 14.1. The molecule has 3 aromatic rings. The number of aromatic nitrogens is 1. The molecule has 0 unspecified atom stereocenters. The number of hydrogen-bond donors (Lipinski definition) is 0. The van der Waals surface area contributed by atoms with E-state index in [4.69, 9.17) is 14.2 Å². The van der Waals surface area contributed by atoms with Gasteiger partial charge in [0, 0.05) is 18.0 Å². The van der Waals surface area contributed by atoms with Crippen molar-refractivity contribution in [2.24, 2.45) is 0 Å². The molecule has 0 bridgehead atoms. The van der Waals surface area contributed by atoms with E-state index in [0.717, 1.165) is 16.7 Å². The summed E-state index contributed by atoms with van der Waals surface area (Å²) in [6.45, 7) is 2.52. The molecule has 130 valence electrons. The number of methoxy groups -OCH3 is 2. The number of nitrogens with zero attached hydrogens (tertiary/aromatic N) is 1. The van der Waals surface area contributed by atoms with Gasteiger partial charge in [0.15, 0.2) is 5.75 Å². The summed E-state index contributed by atoms with van der Waals surface area (Å²) in [7, 11) is 3.22. The van der Waals surface area contributed by atoms with Gasteiger partial charge in [-0.3, -0.25) is 4.79 Å². The van der Waals surface area contributed by atoms with Crippen molar-refractivity contribution >= 4 is 33.5 Å². The Balaban J connectivity index is 2.19. The monoisotopic (exact) mass is 451 g/mol. The standard InChI is InChI=1S/C19H18INO4/c1-4-21-16-11-14(24-3)9-10-15(16)18(17(20)19(21)22)25-13-7-5-12(23-2)6-8-13/h5-11H,4H2,1-3H3. The summed E-state index contributed by atoms with van der Waals surface area (Å²) in [5, 5.41) is 0.863. The number of aryl methyl sites for hydroxylation is 1. The van der Waals surface area contributed by atoms with Gasteiger partial charge in [-0.1, -0.05) is 0 Å². The van der Waals surface area contributed by atoms with Crippen LogP contribution in [-0.4, -0.2) is 18.8 Å². The Morgan fingerprint density at radius 3 is 2.16 bits per heavy atom. The molecule has 0 amide bonds. The molecule has 1 aromatic heterocycles. The minimum atomic E-state index is -0.0765. The summed E-state index contributed by atoms with van der Waals surface area (Å²) in [6.07, 6.45) is 0. The Hall–Kier alpha value is -2.22. The molecule has 2 aromatic carbocycles. The van der Waals surface area contributed by atoms with Gasteiger partial charge < -0.3 is 18.8 Å². The van der Waals surface area contributed by atoms with Crippen molar-refractivity contribution < 1.29 is 14.2 Å². The molecule has 1 heterocycles. The van der Waals surface area contributed by atoms with Crippen molar-refractivity contribution in [3.05, 3.63) is 56.4 Å². The number of ether oxygens (including phenoxy) is 3. The highest BCUT2D eigenvalue weighted by Gasteiger charge is 2.17. The lowest BCUT2D eigenvalue weighted by Crippen LogP contribution is -2.23. The zero-order chi connectivity index (χ0) is 18.0. The van der Waals surface area contributed by atoms with E-state index in [2.05, 4.69) is 0 Å². The molecule has 0 saturated heterocycles. The molecule has 5 nitrogen and oxygen atoms in total. The van der Waals surface area contributed by atoms with Gasteiger partial charge in [0.1, 0.15) is 20.8 Å². The highest BCUT2D eigenvalue weighted by Crippen LogP contribution is 2.34. The summed E-state index contributed by atoms with van der Waals surface area (Å²) >= 11 is 2.05. The highest BCUT2D eigenvalue weighted by atomic mass is 127. The Labute approximate surface area is 159 Å². The number of rotatable bonds is 5. The molecule has 25 heavy (non-hydrogen) atoms. The maximum atomic E-state index is 12.7. The van der Waals surface area contributed by atoms with Crippen molar-refractivity contribution in [2.75, 3.05) is 14.2 Å². The molecule has 0 aliphatic carbocycles. The molecule has 3 rings (SSSR count). The maximum absolute atomic E-state index is 12.7. The molecule has 0 spiro atoms. The van der Waals surface area contributed by atoms with Gasteiger partial charge in [0.05, 0.1) is 19.7 Å². The Kier molecular flexibility index (Phi) is 5.17. The molecule has 0 atom stereocenters. The number of fused-ring (bicyclic) bond motifs is 1. The normalized spacial score (nSPS) is 10.7. The van der Waals surface area contributed by atoms with Crippen LogP contribution >= 0.6 is 22.6 Å². The minimum Gasteiger partial charge on any atom is -0.497 e.